The molecule has 0 N–H and O–H groups in total. The van der Waals surface area contributed by atoms with Crippen LogP contribution in [0.5, 0.6) is 0 Å². The first-order chi connectivity index (χ1) is 23.0. The van der Waals surface area contributed by atoms with Crippen molar-refractivity contribution in [2.24, 2.45) is 0 Å². The van der Waals surface area contributed by atoms with Crippen molar-refractivity contribution >= 4 is 60.8 Å². The summed E-state index contributed by atoms with van der Waals surface area (Å²) in [6, 6.07) is 51.9. The van der Waals surface area contributed by atoms with Gasteiger partial charge in [-0.05, 0) is 125 Å². The molecule has 0 spiro atoms. The highest BCUT2D eigenvalue weighted by atomic mass is 15.2. The van der Waals surface area contributed by atoms with Gasteiger partial charge in [0.2, 0.25) is 0 Å². The highest BCUT2D eigenvalue weighted by molar-refractivity contribution is 6.28. The lowest BCUT2D eigenvalue weighted by Gasteiger charge is -2.30. The molecule has 0 aliphatic carbocycles. The molecule has 0 amide bonds. The average molecular weight is 605 g/mol. The molecular weight excluding hydrogens is 569 g/mol. The van der Waals surface area contributed by atoms with E-state index in [-0.39, 0.29) is 0 Å². The van der Waals surface area contributed by atoms with E-state index in [9.17, 15) is 0 Å². The topological polar surface area (TPSA) is 6.48 Å². The second-order valence-corrected chi connectivity index (χ2v) is 13.2. The number of anilines is 5. The van der Waals surface area contributed by atoms with Crippen LogP contribution in [-0.4, -0.2) is 6.54 Å². The Morgan fingerprint density at radius 3 is 1.96 bits per heavy atom. The van der Waals surface area contributed by atoms with Crippen LogP contribution in [0, 0.1) is 20.8 Å². The second-order valence-electron chi connectivity index (χ2n) is 13.2. The number of hydrogen-bond acceptors (Lipinski definition) is 2. The highest BCUT2D eigenvalue weighted by Crippen LogP contribution is 2.48. The third kappa shape index (κ3) is 4.47. The molecule has 2 nitrogen and oxygen atoms in total. The molecule has 0 bridgehead atoms. The molecule has 9 rings (SSSR count). The monoisotopic (exact) mass is 604 g/mol. The predicted molar refractivity (Wildman–Crippen MR) is 202 cm³/mol. The minimum atomic E-state index is 1.01. The molecule has 0 unspecified atom stereocenters. The predicted octanol–water partition coefficient (Wildman–Crippen LogP) is 12.3. The number of para-hydroxylation sites is 1. The molecule has 1 aliphatic rings. The number of fused-ring (bicyclic) bond motifs is 1. The third-order valence-corrected chi connectivity index (χ3v) is 10.0. The summed E-state index contributed by atoms with van der Waals surface area (Å²) in [4.78, 5) is 5.00. The van der Waals surface area contributed by atoms with Crippen molar-refractivity contribution in [1.82, 2.24) is 0 Å². The van der Waals surface area contributed by atoms with E-state index in [0.29, 0.717) is 0 Å². The summed E-state index contributed by atoms with van der Waals surface area (Å²) in [5.41, 5.74) is 13.9. The molecule has 226 valence electrons. The van der Waals surface area contributed by atoms with Gasteiger partial charge < -0.3 is 9.80 Å². The molecule has 2 heteroatoms. The van der Waals surface area contributed by atoms with Gasteiger partial charge in [0.05, 0.1) is 5.69 Å². The number of hydrogen-bond donors (Lipinski definition) is 0. The smallest absolute Gasteiger partial charge is 0.0540 e. The van der Waals surface area contributed by atoms with Gasteiger partial charge in [0, 0.05) is 40.1 Å². The van der Waals surface area contributed by atoms with Crippen LogP contribution in [0.4, 0.5) is 28.4 Å². The van der Waals surface area contributed by atoms with E-state index in [1.54, 1.807) is 0 Å². The van der Waals surface area contributed by atoms with Gasteiger partial charge in [-0.15, -0.1) is 0 Å². The molecular formula is C45H36N2. The molecule has 0 fully saturated rings. The fourth-order valence-corrected chi connectivity index (χ4v) is 7.99. The average Bonchev–Trinajstić information content (AvgIpc) is 3.52. The summed E-state index contributed by atoms with van der Waals surface area (Å²) in [7, 11) is 0. The Kier molecular flexibility index (Phi) is 6.33. The molecule has 0 aromatic heterocycles. The van der Waals surface area contributed by atoms with Crippen molar-refractivity contribution in [3.63, 3.8) is 0 Å². The van der Waals surface area contributed by atoms with Gasteiger partial charge in [-0.2, -0.15) is 0 Å². The summed E-state index contributed by atoms with van der Waals surface area (Å²) < 4.78 is 0. The van der Waals surface area contributed by atoms with Gasteiger partial charge >= 0.3 is 0 Å². The van der Waals surface area contributed by atoms with E-state index in [0.717, 1.165) is 13.0 Å². The quantitative estimate of drug-likeness (QED) is 0.180. The summed E-state index contributed by atoms with van der Waals surface area (Å²) >= 11 is 0. The van der Waals surface area contributed by atoms with Crippen molar-refractivity contribution in [3.8, 4) is 11.1 Å². The summed E-state index contributed by atoms with van der Waals surface area (Å²) in [5.74, 6) is 0. The zero-order chi connectivity index (χ0) is 31.6. The van der Waals surface area contributed by atoms with Crippen LogP contribution in [0.3, 0.4) is 0 Å². The van der Waals surface area contributed by atoms with Crippen LogP contribution in [0.15, 0.2) is 140 Å². The van der Waals surface area contributed by atoms with E-state index in [1.165, 1.54) is 94.1 Å². The Morgan fingerprint density at radius 2 is 1.17 bits per heavy atom. The van der Waals surface area contributed by atoms with Crippen LogP contribution in [0.25, 0.3) is 43.4 Å². The lowest BCUT2D eigenvalue weighted by atomic mass is 9.91. The van der Waals surface area contributed by atoms with Gasteiger partial charge in [0.1, 0.15) is 0 Å². The zero-order valence-corrected chi connectivity index (χ0v) is 27.1. The van der Waals surface area contributed by atoms with Crippen molar-refractivity contribution in [2.75, 3.05) is 16.3 Å². The summed E-state index contributed by atoms with van der Waals surface area (Å²) in [6.07, 6.45) is 1.08. The minimum Gasteiger partial charge on any atom is -0.340 e. The lowest BCUT2D eigenvalue weighted by Crippen LogP contribution is -2.14. The first-order valence-corrected chi connectivity index (χ1v) is 16.6. The number of nitrogens with zero attached hydrogens (tertiary/aromatic N) is 2. The van der Waals surface area contributed by atoms with Crippen LogP contribution in [-0.2, 0) is 6.42 Å². The number of aryl methyl sites for hydroxylation is 3. The number of rotatable bonds is 5. The first kappa shape index (κ1) is 27.7. The van der Waals surface area contributed by atoms with Crippen molar-refractivity contribution in [2.45, 2.75) is 27.2 Å². The standard InChI is InChI=1S/C45H36N2/c1-29-25-30(2)27-37(26-29)47(40-20-17-36(28-31(40)3)32-9-5-4-6-10-32)43-22-16-35-13-18-38-42(46-24-23-33-11-7-8-12-41(33)46)21-15-34-14-19-39(43)45(35)44(34)38/h4-22,25-28H,23-24H2,1-3H3. The molecule has 0 saturated carbocycles. The fourth-order valence-electron chi connectivity index (χ4n) is 7.99. The maximum Gasteiger partial charge on any atom is 0.0540 e. The number of benzene rings is 8. The molecule has 47 heavy (non-hydrogen) atoms. The molecule has 0 radical (unpaired) electrons. The van der Waals surface area contributed by atoms with Crippen molar-refractivity contribution < 1.29 is 0 Å². The van der Waals surface area contributed by atoms with E-state index >= 15 is 0 Å². The fraction of sp³-hybridized carbons (Fsp3) is 0.111. The minimum absolute atomic E-state index is 1.01. The molecule has 8 aromatic rings. The summed E-state index contributed by atoms with van der Waals surface area (Å²) in [6.45, 7) is 7.64. The Labute approximate surface area is 276 Å². The highest BCUT2D eigenvalue weighted by Gasteiger charge is 2.24. The summed E-state index contributed by atoms with van der Waals surface area (Å²) in [5, 5.41) is 7.83. The molecule has 1 aliphatic heterocycles. The first-order valence-electron chi connectivity index (χ1n) is 16.6. The van der Waals surface area contributed by atoms with Crippen LogP contribution in [0.1, 0.15) is 22.3 Å². The molecule has 8 aromatic carbocycles. The Bertz CT molecular complexity index is 2440. The Balaban J connectivity index is 1.28. The van der Waals surface area contributed by atoms with Gasteiger partial charge in [-0.25, -0.2) is 0 Å². The molecule has 1 heterocycles. The van der Waals surface area contributed by atoms with Gasteiger partial charge in [0.15, 0.2) is 0 Å². The molecule has 0 atom stereocenters. The van der Waals surface area contributed by atoms with Gasteiger partial charge in [-0.3, -0.25) is 0 Å². The van der Waals surface area contributed by atoms with Crippen LogP contribution in [0.2, 0.25) is 0 Å². The van der Waals surface area contributed by atoms with Crippen LogP contribution < -0.4 is 9.80 Å². The van der Waals surface area contributed by atoms with E-state index in [2.05, 4.69) is 170 Å². The van der Waals surface area contributed by atoms with E-state index < -0.39 is 0 Å². The SMILES string of the molecule is Cc1cc(C)cc(N(c2ccc(-c3ccccc3)cc2C)c2ccc3ccc4c(N5CCc6ccccc65)ccc5ccc2c3c54)c1. The maximum absolute atomic E-state index is 2.52. The van der Waals surface area contributed by atoms with Crippen molar-refractivity contribution in [1.29, 1.82) is 0 Å². The van der Waals surface area contributed by atoms with Crippen LogP contribution >= 0.6 is 0 Å². The normalized spacial score (nSPS) is 12.8. The van der Waals surface area contributed by atoms with E-state index in [1.807, 2.05) is 0 Å². The zero-order valence-electron chi connectivity index (χ0n) is 27.1. The second kappa shape index (κ2) is 10.7. The Morgan fingerprint density at radius 1 is 0.511 bits per heavy atom. The largest absolute Gasteiger partial charge is 0.340 e. The maximum atomic E-state index is 2.52. The third-order valence-electron chi connectivity index (χ3n) is 10.0. The lowest BCUT2D eigenvalue weighted by molar-refractivity contribution is 1.00. The Hall–Kier alpha value is -5.60. The van der Waals surface area contributed by atoms with E-state index in [4.69, 9.17) is 0 Å². The van der Waals surface area contributed by atoms with Gasteiger partial charge in [0.25, 0.3) is 0 Å². The van der Waals surface area contributed by atoms with Crippen molar-refractivity contribution in [3.05, 3.63) is 162 Å². The van der Waals surface area contributed by atoms with Gasteiger partial charge in [-0.1, -0.05) is 97.1 Å². The molecule has 0 saturated heterocycles.